The SMILES string of the molecule is Cc1cc(C(=O)CSc2nnc(CCC(N)=O)n2Cc2ccco2)c(C)n1Cc1ccc(F)cc1. The van der Waals surface area contributed by atoms with Crippen LogP contribution in [-0.4, -0.2) is 36.8 Å². The largest absolute Gasteiger partial charge is 0.467 e. The molecule has 0 unspecified atom stereocenters. The van der Waals surface area contributed by atoms with E-state index in [2.05, 4.69) is 10.2 Å². The molecule has 0 spiro atoms. The Bertz CT molecular complexity index is 1330. The van der Waals surface area contributed by atoms with Gasteiger partial charge in [0.25, 0.3) is 0 Å². The number of aryl methyl sites for hydroxylation is 2. The summed E-state index contributed by atoms with van der Waals surface area (Å²) in [5.41, 5.74) is 8.70. The number of amides is 1. The number of hydrogen-bond acceptors (Lipinski definition) is 6. The molecule has 0 bridgehead atoms. The highest BCUT2D eigenvalue weighted by atomic mass is 32.2. The number of primary amides is 1. The van der Waals surface area contributed by atoms with Crippen LogP contribution in [0, 0.1) is 19.7 Å². The summed E-state index contributed by atoms with van der Waals surface area (Å²) in [5.74, 6) is 0.764. The number of benzene rings is 1. The van der Waals surface area contributed by atoms with Gasteiger partial charge >= 0.3 is 0 Å². The molecule has 4 rings (SSSR count). The Morgan fingerprint density at radius 1 is 1.09 bits per heavy atom. The Hall–Kier alpha value is -3.66. The van der Waals surface area contributed by atoms with Gasteiger partial charge in [-0.25, -0.2) is 4.39 Å². The first-order valence-electron chi connectivity index (χ1n) is 11.1. The fourth-order valence-electron chi connectivity index (χ4n) is 3.87. The maximum atomic E-state index is 13.2. The van der Waals surface area contributed by atoms with Gasteiger partial charge in [-0.05, 0) is 49.7 Å². The average Bonchev–Trinajstić information content (AvgIpc) is 3.54. The Balaban J connectivity index is 1.49. The summed E-state index contributed by atoms with van der Waals surface area (Å²) in [5, 5.41) is 9.02. The van der Waals surface area contributed by atoms with Crippen molar-refractivity contribution in [3.63, 3.8) is 0 Å². The number of rotatable bonds is 11. The van der Waals surface area contributed by atoms with Crippen LogP contribution < -0.4 is 5.73 Å². The first-order valence-corrected chi connectivity index (χ1v) is 12.1. The second-order valence-corrected chi connectivity index (χ2v) is 9.18. The van der Waals surface area contributed by atoms with Crippen molar-refractivity contribution in [2.24, 2.45) is 5.73 Å². The number of halogens is 1. The maximum absolute atomic E-state index is 13.2. The Kier molecular flexibility index (Phi) is 7.50. The van der Waals surface area contributed by atoms with Crippen LogP contribution in [0.5, 0.6) is 0 Å². The topological polar surface area (TPSA) is 109 Å². The van der Waals surface area contributed by atoms with Gasteiger partial charge in [0, 0.05) is 36.3 Å². The highest BCUT2D eigenvalue weighted by molar-refractivity contribution is 7.99. The number of nitrogens with zero attached hydrogens (tertiary/aromatic N) is 4. The molecule has 4 aromatic rings. The van der Waals surface area contributed by atoms with Crippen LogP contribution in [0.15, 0.2) is 58.3 Å². The second-order valence-electron chi connectivity index (χ2n) is 8.24. The number of thioether (sulfide) groups is 1. The lowest BCUT2D eigenvalue weighted by Crippen LogP contribution is -2.14. The van der Waals surface area contributed by atoms with E-state index in [1.807, 2.05) is 35.1 Å². The predicted molar refractivity (Wildman–Crippen MR) is 130 cm³/mol. The minimum Gasteiger partial charge on any atom is -0.467 e. The molecule has 35 heavy (non-hydrogen) atoms. The molecule has 0 saturated heterocycles. The zero-order valence-corrected chi connectivity index (χ0v) is 20.3. The molecule has 3 heterocycles. The monoisotopic (exact) mass is 495 g/mol. The van der Waals surface area contributed by atoms with E-state index in [1.165, 1.54) is 23.9 Å². The van der Waals surface area contributed by atoms with Gasteiger partial charge in [0.2, 0.25) is 5.91 Å². The standard InChI is InChI=1S/C25H26FN5O3S/c1-16-12-21(17(2)30(16)13-18-5-7-19(26)8-6-18)22(32)15-35-25-29-28-24(10-9-23(27)33)31(25)14-20-4-3-11-34-20/h3-8,11-12H,9-10,13-15H2,1-2H3,(H2,27,33). The van der Waals surface area contributed by atoms with E-state index < -0.39 is 5.91 Å². The molecule has 0 atom stereocenters. The van der Waals surface area contributed by atoms with Crippen molar-refractivity contribution < 1.29 is 18.4 Å². The predicted octanol–water partition coefficient (Wildman–Crippen LogP) is 3.92. The molecule has 0 aliphatic rings. The third kappa shape index (κ3) is 5.89. The van der Waals surface area contributed by atoms with Crippen molar-refractivity contribution >= 4 is 23.5 Å². The molecule has 0 aliphatic carbocycles. The number of carbonyl (C=O) groups excluding carboxylic acids is 2. The van der Waals surface area contributed by atoms with Crippen LogP contribution >= 0.6 is 11.8 Å². The van der Waals surface area contributed by atoms with Crippen LogP contribution in [0.1, 0.15) is 45.3 Å². The zero-order valence-electron chi connectivity index (χ0n) is 19.5. The smallest absolute Gasteiger partial charge is 0.217 e. The first-order chi connectivity index (χ1) is 16.8. The van der Waals surface area contributed by atoms with Gasteiger partial charge in [0.15, 0.2) is 10.9 Å². The summed E-state index contributed by atoms with van der Waals surface area (Å²) < 4.78 is 22.6. The fourth-order valence-corrected chi connectivity index (χ4v) is 4.71. The molecule has 10 heteroatoms. The van der Waals surface area contributed by atoms with E-state index in [-0.39, 0.29) is 23.8 Å². The Labute approximate surface area is 206 Å². The molecule has 0 radical (unpaired) electrons. The van der Waals surface area contributed by atoms with Crippen molar-refractivity contribution in [1.82, 2.24) is 19.3 Å². The molecule has 3 aromatic heterocycles. The summed E-state index contributed by atoms with van der Waals surface area (Å²) in [6.07, 6.45) is 2.09. The van der Waals surface area contributed by atoms with E-state index in [9.17, 15) is 14.0 Å². The summed E-state index contributed by atoms with van der Waals surface area (Å²) in [6.45, 7) is 4.80. The second kappa shape index (κ2) is 10.7. The van der Waals surface area contributed by atoms with E-state index in [1.54, 1.807) is 24.5 Å². The summed E-state index contributed by atoms with van der Waals surface area (Å²) >= 11 is 1.29. The third-order valence-electron chi connectivity index (χ3n) is 5.74. The Morgan fingerprint density at radius 2 is 1.86 bits per heavy atom. The number of ketones is 1. The Morgan fingerprint density at radius 3 is 2.54 bits per heavy atom. The first kappa shape index (κ1) is 24.5. The van der Waals surface area contributed by atoms with Crippen molar-refractivity contribution in [2.75, 3.05) is 5.75 Å². The normalized spacial score (nSPS) is 11.2. The van der Waals surface area contributed by atoms with Crippen LogP contribution in [0.2, 0.25) is 0 Å². The van der Waals surface area contributed by atoms with E-state index in [0.29, 0.717) is 41.8 Å². The number of aromatic nitrogens is 4. The van der Waals surface area contributed by atoms with Gasteiger partial charge in [-0.15, -0.1) is 10.2 Å². The van der Waals surface area contributed by atoms with Crippen LogP contribution in [0.4, 0.5) is 4.39 Å². The van der Waals surface area contributed by atoms with E-state index >= 15 is 0 Å². The zero-order chi connectivity index (χ0) is 24.9. The van der Waals surface area contributed by atoms with Gasteiger partial charge in [-0.1, -0.05) is 23.9 Å². The minimum atomic E-state index is -0.419. The number of carbonyl (C=O) groups is 2. The molecular formula is C25H26FN5O3S. The van der Waals surface area contributed by atoms with Crippen LogP contribution in [0.25, 0.3) is 0 Å². The minimum absolute atomic E-state index is 0.0281. The highest BCUT2D eigenvalue weighted by Crippen LogP contribution is 2.24. The summed E-state index contributed by atoms with van der Waals surface area (Å²) in [6, 6.07) is 11.9. The molecule has 8 nitrogen and oxygen atoms in total. The van der Waals surface area contributed by atoms with Crippen molar-refractivity contribution in [3.05, 3.63) is 88.6 Å². The molecule has 1 aromatic carbocycles. The third-order valence-corrected chi connectivity index (χ3v) is 6.71. The van der Waals surface area contributed by atoms with Crippen LogP contribution in [0.3, 0.4) is 0 Å². The molecule has 0 aliphatic heterocycles. The van der Waals surface area contributed by atoms with Gasteiger partial charge in [-0.2, -0.15) is 0 Å². The van der Waals surface area contributed by atoms with Gasteiger partial charge < -0.3 is 14.7 Å². The quantitative estimate of drug-likeness (QED) is 0.250. The lowest BCUT2D eigenvalue weighted by molar-refractivity contribution is -0.118. The van der Waals surface area contributed by atoms with Crippen molar-refractivity contribution in [2.45, 2.75) is 44.9 Å². The fraction of sp³-hybridized carbons (Fsp3) is 0.280. The van der Waals surface area contributed by atoms with E-state index in [4.69, 9.17) is 10.2 Å². The molecule has 2 N–H and O–H groups in total. The van der Waals surface area contributed by atoms with Crippen LogP contribution in [-0.2, 0) is 24.3 Å². The number of hydrogen-bond donors (Lipinski definition) is 1. The average molecular weight is 496 g/mol. The number of Topliss-reactive ketones (excluding diaryl/α,β-unsaturated/α-hetero) is 1. The van der Waals surface area contributed by atoms with E-state index in [0.717, 1.165) is 17.0 Å². The maximum Gasteiger partial charge on any atom is 0.217 e. The number of furan rings is 1. The summed E-state index contributed by atoms with van der Waals surface area (Å²) in [4.78, 5) is 24.4. The molecular weight excluding hydrogens is 469 g/mol. The molecule has 0 saturated carbocycles. The van der Waals surface area contributed by atoms with Crippen molar-refractivity contribution in [3.8, 4) is 0 Å². The number of nitrogens with two attached hydrogens (primary N) is 1. The lowest BCUT2D eigenvalue weighted by Gasteiger charge is -2.10. The van der Waals surface area contributed by atoms with Gasteiger partial charge in [0.05, 0.1) is 18.6 Å². The lowest BCUT2D eigenvalue weighted by atomic mass is 10.2. The molecule has 182 valence electrons. The van der Waals surface area contributed by atoms with Gasteiger partial charge in [-0.3, -0.25) is 14.2 Å². The van der Waals surface area contributed by atoms with Gasteiger partial charge in [0.1, 0.15) is 17.4 Å². The summed E-state index contributed by atoms with van der Waals surface area (Å²) in [7, 11) is 0. The van der Waals surface area contributed by atoms with Crippen molar-refractivity contribution in [1.29, 1.82) is 0 Å². The molecule has 1 amide bonds. The molecule has 0 fully saturated rings. The highest BCUT2D eigenvalue weighted by Gasteiger charge is 2.20.